The number of rotatable bonds is 6. The third-order valence-electron chi connectivity index (χ3n) is 4.26. The Kier molecular flexibility index (Phi) is 6.34. The monoisotopic (exact) mass is 429 g/mol. The summed E-state index contributed by atoms with van der Waals surface area (Å²) in [7, 11) is 1.27. The van der Waals surface area contributed by atoms with E-state index < -0.39 is 29.4 Å². The fourth-order valence-electron chi connectivity index (χ4n) is 2.63. The first-order valence-electron chi connectivity index (χ1n) is 8.93. The number of halogens is 2. The molecule has 0 unspecified atom stereocenters. The van der Waals surface area contributed by atoms with Gasteiger partial charge in [-0.05, 0) is 43.3 Å². The summed E-state index contributed by atoms with van der Waals surface area (Å²) in [5.41, 5.74) is 1.07. The number of hydrogen-bond donors (Lipinski definition) is 2. The van der Waals surface area contributed by atoms with Gasteiger partial charge in [-0.3, -0.25) is 9.59 Å². The maximum absolute atomic E-state index is 13.3. The molecule has 11 heteroatoms. The Morgan fingerprint density at radius 2 is 1.68 bits per heavy atom. The van der Waals surface area contributed by atoms with Crippen LogP contribution in [-0.4, -0.2) is 39.9 Å². The number of carbonyl (C=O) groups is 3. The van der Waals surface area contributed by atoms with E-state index in [4.69, 9.17) is 0 Å². The van der Waals surface area contributed by atoms with E-state index in [1.54, 1.807) is 19.1 Å². The van der Waals surface area contributed by atoms with Gasteiger partial charge in [-0.15, -0.1) is 5.10 Å². The predicted molar refractivity (Wildman–Crippen MR) is 105 cm³/mol. The molecule has 0 spiro atoms. The van der Waals surface area contributed by atoms with Gasteiger partial charge in [0.15, 0.2) is 17.3 Å². The van der Waals surface area contributed by atoms with Gasteiger partial charge in [-0.2, -0.15) is 0 Å². The van der Waals surface area contributed by atoms with Crippen molar-refractivity contribution in [3.8, 4) is 0 Å². The largest absolute Gasteiger partial charge is 0.465 e. The van der Waals surface area contributed by atoms with Gasteiger partial charge in [0.25, 0.3) is 5.91 Å². The SMILES string of the molecule is COC(=O)c1ccc(NC(=O)Cn2nnc(C(=O)Nc3ccc(F)c(F)c3)c2C)cc1. The summed E-state index contributed by atoms with van der Waals surface area (Å²) >= 11 is 0. The summed E-state index contributed by atoms with van der Waals surface area (Å²) in [6.45, 7) is 1.31. The van der Waals surface area contributed by atoms with Crippen molar-refractivity contribution < 1.29 is 27.9 Å². The smallest absolute Gasteiger partial charge is 0.337 e. The summed E-state index contributed by atoms with van der Waals surface area (Å²) in [5, 5.41) is 12.6. The maximum Gasteiger partial charge on any atom is 0.337 e. The number of methoxy groups -OCH3 is 1. The zero-order valence-electron chi connectivity index (χ0n) is 16.5. The fraction of sp³-hybridized carbons (Fsp3) is 0.150. The maximum atomic E-state index is 13.3. The molecule has 0 radical (unpaired) electrons. The number of benzene rings is 2. The van der Waals surface area contributed by atoms with Crippen LogP contribution in [0.1, 0.15) is 26.5 Å². The molecule has 2 N–H and O–H groups in total. The lowest BCUT2D eigenvalue weighted by atomic mass is 10.2. The fourth-order valence-corrected chi connectivity index (χ4v) is 2.63. The molecule has 3 rings (SSSR count). The van der Waals surface area contributed by atoms with Crippen LogP contribution in [0.15, 0.2) is 42.5 Å². The van der Waals surface area contributed by atoms with E-state index in [9.17, 15) is 23.2 Å². The zero-order valence-corrected chi connectivity index (χ0v) is 16.5. The van der Waals surface area contributed by atoms with Crippen LogP contribution in [0, 0.1) is 18.6 Å². The minimum absolute atomic E-state index is 0.0472. The Labute approximate surface area is 175 Å². The summed E-state index contributed by atoms with van der Waals surface area (Å²) in [4.78, 5) is 36.1. The van der Waals surface area contributed by atoms with E-state index in [2.05, 4.69) is 25.7 Å². The van der Waals surface area contributed by atoms with Crippen LogP contribution in [-0.2, 0) is 16.1 Å². The van der Waals surface area contributed by atoms with Gasteiger partial charge < -0.3 is 15.4 Å². The number of amides is 2. The Morgan fingerprint density at radius 1 is 1.00 bits per heavy atom. The zero-order chi connectivity index (χ0) is 22.5. The number of carbonyl (C=O) groups excluding carboxylic acids is 3. The van der Waals surface area contributed by atoms with E-state index in [1.807, 2.05) is 0 Å². The molecule has 31 heavy (non-hydrogen) atoms. The number of ether oxygens (including phenoxy) is 1. The van der Waals surface area contributed by atoms with Crippen molar-refractivity contribution in [2.24, 2.45) is 0 Å². The van der Waals surface area contributed by atoms with Crippen LogP contribution < -0.4 is 10.6 Å². The molecule has 0 saturated carbocycles. The second-order valence-corrected chi connectivity index (χ2v) is 6.38. The van der Waals surface area contributed by atoms with E-state index in [0.717, 1.165) is 12.1 Å². The van der Waals surface area contributed by atoms with Gasteiger partial charge in [0.05, 0.1) is 18.4 Å². The average Bonchev–Trinajstić information content (AvgIpc) is 3.10. The molecular weight excluding hydrogens is 412 g/mol. The van der Waals surface area contributed by atoms with Crippen molar-refractivity contribution in [3.05, 3.63) is 71.1 Å². The minimum Gasteiger partial charge on any atom is -0.465 e. The predicted octanol–water partition coefficient (Wildman–Crippen LogP) is 2.54. The molecule has 1 heterocycles. The first kappa shape index (κ1) is 21.6. The summed E-state index contributed by atoms with van der Waals surface area (Å²) < 4.78 is 32.1. The summed E-state index contributed by atoms with van der Waals surface area (Å²) in [6.07, 6.45) is 0. The highest BCUT2D eigenvalue weighted by Crippen LogP contribution is 2.15. The number of aromatic nitrogens is 3. The van der Waals surface area contributed by atoms with Crippen LogP contribution in [0.4, 0.5) is 20.2 Å². The van der Waals surface area contributed by atoms with Crippen molar-refractivity contribution in [2.75, 3.05) is 17.7 Å². The molecule has 3 aromatic rings. The number of hydrogen-bond acceptors (Lipinski definition) is 6. The highest BCUT2D eigenvalue weighted by molar-refractivity contribution is 6.03. The van der Waals surface area contributed by atoms with Crippen LogP contribution in [0.3, 0.4) is 0 Å². The molecule has 0 aliphatic heterocycles. The Morgan fingerprint density at radius 3 is 2.32 bits per heavy atom. The number of nitrogens with one attached hydrogen (secondary N) is 2. The Bertz CT molecular complexity index is 1140. The van der Waals surface area contributed by atoms with E-state index in [1.165, 1.54) is 30.0 Å². The molecule has 2 amide bonds. The molecular formula is C20H17F2N5O4. The highest BCUT2D eigenvalue weighted by atomic mass is 19.2. The van der Waals surface area contributed by atoms with Crippen LogP contribution >= 0.6 is 0 Å². The lowest BCUT2D eigenvalue weighted by Crippen LogP contribution is -2.21. The third-order valence-corrected chi connectivity index (χ3v) is 4.26. The van der Waals surface area contributed by atoms with Gasteiger partial charge >= 0.3 is 5.97 Å². The average molecular weight is 429 g/mol. The first-order chi connectivity index (χ1) is 14.8. The van der Waals surface area contributed by atoms with Crippen LogP contribution in [0.25, 0.3) is 0 Å². The number of esters is 1. The quantitative estimate of drug-likeness (QED) is 0.582. The molecule has 0 aliphatic carbocycles. The molecule has 0 fully saturated rings. The van der Waals surface area contributed by atoms with Gasteiger partial charge in [-0.1, -0.05) is 5.21 Å². The van der Waals surface area contributed by atoms with Crippen molar-refractivity contribution in [1.82, 2.24) is 15.0 Å². The molecule has 0 bridgehead atoms. The number of nitrogens with zero attached hydrogens (tertiary/aromatic N) is 3. The topological polar surface area (TPSA) is 115 Å². The first-order valence-corrected chi connectivity index (χ1v) is 8.93. The third kappa shape index (κ3) is 5.07. The number of anilines is 2. The van der Waals surface area contributed by atoms with Gasteiger partial charge in [0.1, 0.15) is 6.54 Å². The van der Waals surface area contributed by atoms with E-state index in [-0.39, 0.29) is 17.9 Å². The molecule has 0 atom stereocenters. The van der Waals surface area contributed by atoms with Crippen molar-refractivity contribution >= 4 is 29.2 Å². The van der Waals surface area contributed by atoms with E-state index >= 15 is 0 Å². The van der Waals surface area contributed by atoms with Gasteiger partial charge in [0, 0.05) is 17.4 Å². The van der Waals surface area contributed by atoms with Crippen LogP contribution in [0.2, 0.25) is 0 Å². The van der Waals surface area contributed by atoms with Gasteiger partial charge in [0.2, 0.25) is 5.91 Å². The van der Waals surface area contributed by atoms with Crippen LogP contribution in [0.5, 0.6) is 0 Å². The molecule has 1 aromatic heterocycles. The van der Waals surface area contributed by atoms with Crippen molar-refractivity contribution in [3.63, 3.8) is 0 Å². The molecule has 9 nitrogen and oxygen atoms in total. The standard InChI is InChI=1S/C20H17F2N5O4/c1-11-18(19(29)24-14-7-8-15(21)16(22)9-14)25-26-27(11)10-17(28)23-13-5-3-12(4-6-13)20(30)31-2/h3-9H,10H2,1-2H3,(H,23,28)(H,24,29). The van der Waals surface area contributed by atoms with Gasteiger partial charge in [-0.25, -0.2) is 18.3 Å². The lowest BCUT2D eigenvalue weighted by Gasteiger charge is -2.07. The minimum atomic E-state index is -1.10. The van der Waals surface area contributed by atoms with Crippen molar-refractivity contribution in [1.29, 1.82) is 0 Å². The Balaban J connectivity index is 1.64. The van der Waals surface area contributed by atoms with Crippen molar-refractivity contribution in [2.45, 2.75) is 13.5 Å². The normalized spacial score (nSPS) is 10.5. The summed E-state index contributed by atoms with van der Waals surface area (Å²) in [6, 6.07) is 9.02. The molecule has 0 aliphatic rings. The molecule has 0 saturated heterocycles. The van der Waals surface area contributed by atoms with E-state index in [0.29, 0.717) is 16.9 Å². The second-order valence-electron chi connectivity index (χ2n) is 6.38. The molecule has 2 aromatic carbocycles. The summed E-state index contributed by atoms with van der Waals surface area (Å²) in [5.74, 6) is -3.76. The lowest BCUT2D eigenvalue weighted by molar-refractivity contribution is -0.117. The second kappa shape index (κ2) is 9.11. The molecule has 160 valence electrons. The Hall–Kier alpha value is -4.15. The highest BCUT2D eigenvalue weighted by Gasteiger charge is 2.19.